The Balaban J connectivity index is 1.57. The van der Waals surface area contributed by atoms with Crippen molar-refractivity contribution in [2.75, 3.05) is 44.2 Å². The van der Waals surface area contributed by atoms with Crippen LogP contribution in [-0.4, -0.2) is 60.9 Å². The van der Waals surface area contributed by atoms with Gasteiger partial charge in [0.25, 0.3) is 5.91 Å². The average Bonchev–Trinajstić information content (AvgIpc) is 2.72. The Morgan fingerprint density at radius 3 is 2.29 bits per heavy atom. The first-order valence-corrected chi connectivity index (χ1v) is 9.69. The lowest BCUT2D eigenvalue weighted by atomic mass is 10.1. The van der Waals surface area contributed by atoms with Crippen LogP contribution < -0.4 is 4.90 Å². The predicted octanol–water partition coefficient (Wildman–Crippen LogP) is 3.29. The van der Waals surface area contributed by atoms with E-state index < -0.39 is 5.82 Å². The van der Waals surface area contributed by atoms with Crippen molar-refractivity contribution in [3.8, 4) is 0 Å². The second kappa shape index (κ2) is 9.06. The van der Waals surface area contributed by atoms with Crippen LogP contribution in [0.25, 0.3) is 0 Å². The van der Waals surface area contributed by atoms with Crippen LogP contribution in [0.15, 0.2) is 48.5 Å². The van der Waals surface area contributed by atoms with Crippen LogP contribution in [0, 0.1) is 5.82 Å². The van der Waals surface area contributed by atoms with Gasteiger partial charge in [-0.2, -0.15) is 0 Å². The average molecular weight is 404 g/mol. The van der Waals surface area contributed by atoms with Crippen LogP contribution in [0.3, 0.4) is 0 Å². The standard InChI is InChI=1S/C21H23ClFN3O2/c1-2-24(17-6-4-3-5-7-17)15-20(27)25-10-12-26(13-11-25)21(28)18-9-8-16(23)14-19(18)22/h3-9,14H,2,10-13,15H2,1H3. The summed E-state index contributed by atoms with van der Waals surface area (Å²) in [5.74, 6) is -0.676. The molecule has 0 atom stereocenters. The number of likely N-dealkylation sites (N-methyl/N-ethyl adjacent to an activating group) is 1. The number of carbonyl (C=O) groups is 2. The summed E-state index contributed by atoms with van der Waals surface area (Å²) in [6.45, 7) is 4.84. The van der Waals surface area contributed by atoms with E-state index in [-0.39, 0.29) is 22.4 Å². The van der Waals surface area contributed by atoms with Crippen molar-refractivity contribution in [2.45, 2.75) is 6.92 Å². The van der Waals surface area contributed by atoms with E-state index in [2.05, 4.69) is 0 Å². The van der Waals surface area contributed by atoms with Crippen molar-refractivity contribution < 1.29 is 14.0 Å². The second-order valence-electron chi connectivity index (χ2n) is 6.65. The number of nitrogens with zero attached hydrogens (tertiary/aromatic N) is 3. The Hall–Kier alpha value is -2.60. The number of hydrogen-bond acceptors (Lipinski definition) is 3. The summed E-state index contributed by atoms with van der Waals surface area (Å²) >= 11 is 6.00. The topological polar surface area (TPSA) is 43.9 Å². The number of anilines is 1. The van der Waals surface area contributed by atoms with Crippen molar-refractivity contribution in [2.24, 2.45) is 0 Å². The van der Waals surface area contributed by atoms with Crippen LogP contribution in [-0.2, 0) is 4.79 Å². The Labute approximate surface area is 169 Å². The zero-order valence-corrected chi connectivity index (χ0v) is 16.5. The molecule has 3 rings (SSSR count). The highest BCUT2D eigenvalue weighted by molar-refractivity contribution is 6.33. The van der Waals surface area contributed by atoms with Gasteiger partial charge in [0.2, 0.25) is 5.91 Å². The van der Waals surface area contributed by atoms with Gasteiger partial charge in [-0.05, 0) is 37.3 Å². The number of amides is 2. The first kappa shape index (κ1) is 20.1. The third-order valence-corrected chi connectivity index (χ3v) is 5.22. The lowest BCUT2D eigenvalue weighted by Gasteiger charge is -2.36. The molecule has 148 valence electrons. The van der Waals surface area contributed by atoms with Gasteiger partial charge < -0.3 is 14.7 Å². The minimum absolute atomic E-state index is 0.0395. The molecule has 1 aliphatic rings. The van der Waals surface area contributed by atoms with Gasteiger partial charge in [0.15, 0.2) is 0 Å². The second-order valence-corrected chi connectivity index (χ2v) is 7.05. The van der Waals surface area contributed by atoms with E-state index in [1.54, 1.807) is 9.80 Å². The van der Waals surface area contributed by atoms with Crippen molar-refractivity contribution in [1.29, 1.82) is 0 Å². The monoisotopic (exact) mass is 403 g/mol. The molecule has 2 aromatic rings. The van der Waals surface area contributed by atoms with Gasteiger partial charge in [0.05, 0.1) is 17.1 Å². The molecule has 1 heterocycles. The van der Waals surface area contributed by atoms with Crippen molar-refractivity contribution in [1.82, 2.24) is 9.80 Å². The number of para-hydroxylation sites is 1. The van der Waals surface area contributed by atoms with E-state index in [0.29, 0.717) is 32.7 Å². The number of halogens is 2. The Kier molecular flexibility index (Phi) is 6.52. The van der Waals surface area contributed by atoms with E-state index in [1.165, 1.54) is 12.1 Å². The SMILES string of the molecule is CCN(CC(=O)N1CCN(C(=O)c2ccc(F)cc2Cl)CC1)c1ccccc1. The Morgan fingerprint density at radius 2 is 1.68 bits per heavy atom. The summed E-state index contributed by atoms with van der Waals surface area (Å²) < 4.78 is 13.2. The van der Waals surface area contributed by atoms with Gasteiger partial charge in [-0.3, -0.25) is 9.59 Å². The lowest BCUT2D eigenvalue weighted by Crippen LogP contribution is -2.52. The molecule has 2 aromatic carbocycles. The van der Waals surface area contributed by atoms with Crippen LogP contribution in [0.5, 0.6) is 0 Å². The lowest BCUT2D eigenvalue weighted by molar-refractivity contribution is -0.131. The molecule has 1 saturated heterocycles. The highest BCUT2D eigenvalue weighted by atomic mass is 35.5. The number of carbonyl (C=O) groups excluding carboxylic acids is 2. The number of hydrogen-bond donors (Lipinski definition) is 0. The van der Waals surface area contributed by atoms with Crippen LogP contribution in [0.4, 0.5) is 10.1 Å². The fourth-order valence-electron chi connectivity index (χ4n) is 3.28. The number of piperazine rings is 1. The van der Waals surface area contributed by atoms with E-state index in [1.807, 2.05) is 42.2 Å². The number of benzene rings is 2. The molecule has 28 heavy (non-hydrogen) atoms. The molecular weight excluding hydrogens is 381 g/mol. The summed E-state index contributed by atoms with van der Waals surface area (Å²) in [5, 5.41) is 0.102. The molecule has 2 amide bonds. The third kappa shape index (κ3) is 4.62. The Morgan fingerprint density at radius 1 is 1.04 bits per heavy atom. The maximum absolute atomic E-state index is 13.2. The van der Waals surface area contributed by atoms with Crippen molar-refractivity contribution in [3.63, 3.8) is 0 Å². The van der Waals surface area contributed by atoms with Gasteiger partial charge >= 0.3 is 0 Å². The highest BCUT2D eigenvalue weighted by Crippen LogP contribution is 2.20. The summed E-state index contributed by atoms with van der Waals surface area (Å²) in [6, 6.07) is 13.6. The van der Waals surface area contributed by atoms with E-state index in [0.717, 1.165) is 18.3 Å². The van der Waals surface area contributed by atoms with E-state index in [9.17, 15) is 14.0 Å². The normalized spacial score (nSPS) is 14.1. The minimum atomic E-state index is -0.476. The molecule has 0 spiro atoms. The molecule has 0 aromatic heterocycles. The van der Waals surface area contributed by atoms with E-state index >= 15 is 0 Å². The van der Waals surface area contributed by atoms with Crippen molar-refractivity contribution in [3.05, 3.63) is 64.9 Å². The molecule has 1 aliphatic heterocycles. The molecular formula is C21H23ClFN3O2. The predicted molar refractivity (Wildman–Crippen MR) is 108 cm³/mol. The summed E-state index contributed by atoms with van der Waals surface area (Å²) in [7, 11) is 0. The number of rotatable bonds is 5. The molecule has 5 nitrogen and oxygen atoms in total. The first-order valence-electron chi connectivity index (χ1n) is 9.31. The Bertz CT molecular complexity index is 839. The van der Waals surface area contributed by atoms with Gasteiger partial charge in [-0.25, -0.2) is 4.39 Å². The molecule has 1 fully saturated rings. The smallest absolute Gasteiger partial charge is 0.255 e. The quantitative estimate of drug-likeness (QED) is 0.769. The maximum Gasteiger partial charge on any atom is 0.255 e. The minimum Gasteiger partial charge on any atom is -0.362 e. The van der Waals surface area contributed by atoms with Gasteiger partial charge in [0.1, 0.15) is 5.82 Å². The summed E-state index contributed by atoms with van der Waals surface area (Å²) in [6.07, 6.45) is 0. The largest absolute Gasteiger partial charge is 0.362 e. The van der Waals surface area contributed by atoms with Crippen LogP contribution in [0.1, 0.15) is 17.3 Å². The molecule has 0 bridgehead atoms. The van der Waals surface area contributed by atoms with Gasteiger partial charge in [0, 0.05) is 38.4 Å². The maximum atomic E-state index is 13.2. The van der Waals surface area contributed by atoms with Crippen molar-refractivity contribution >= 4 is 29.1 Å². The third-order valence-electron chi connectivity index (χ3n) is 4.91. The fraction of sp³-hybridized carbons (Fsp3) is 0.333. The molecule has 0 aliphatic carbocycles. The molecule has 0 radical (unpaired) electrons. The van der Waals surface area contributed by atoms with Crippen LogP contribution >= 0.6 is 11.6 Å². The summed E-state index contributed by atoms with van der Waals surface area (Å²) in [4.78, 5) is 30.8. The van der Waals surface area contributed by atoms with Gasteiger partial charge in [-0.15, -0.1) is 0 Å². The highest BCUT2D eigenvalue weighted by Gasteiger charge is 2.26. The zero-order valence-electron chi connectivity index (χ0n) is 15.8. The molecule has 7 heteroatoms. The van der Waals surface area contributed by atoms with E-state index in [4.69, 9.17) is 11.6 Å². The van der Waals surface area contributed by atoms with Gasteiger partial charge in [-0.1, -0.05) is 29.8 Å². The van der Waals surface area contributed by atoms with Crippen LogP contribution in [0.2, 0.25) is 5.02 Å². The first-order chi connectivity index (χ1) is 13.5. The molecule has 0 N–H and O–H groups in total. The molecule has 0 unspecified atom stereocenters. The summed E-state index contributed by atoms with van der Waals surface area (Å²) in [5.41, 5.74) is 1.29. The molecule has 0 saturated carbocycles. The zero-order chi connectivity index (χ0) is 20.1. The fourth-order valence-corrected chi connectivity index (χ4v) is 3.53.